The summed E-state index contributed by atoms with van der Waals surface area (Å²) in [6, 6.07) is 23.2. The van der Waals surface area contributed by atoms with Crippen LogP contribution in [-0.2, 0) is 11.2 Å². The Labute approximate surface area is 226 Å². The number of benzene rings is 3. The van der Waals surface area contributed by atoms with Gasteiger partial charge < -0.3 is 15.2 Å². The first-order valence-electron chi connectivity index (χ1n) is 12.9. The van der Waals surface area contributed by atoms with Crippen LogP contribution in [0.1, 0.15) is 59.9 Å². The molecular formula is C31H29ClN2O4. The molecule has 194 valence electrons. The molecule has 0 spiro atoms. The summed E-state index contributed by atoms with van der Waals surface area (Å²) in [7, 11) is 0. The molecule has 2 N–H and O–H groups in total. The fourth-order valence-corrected chi connectivity index (χ4v) is 5.23. The highest BCUT2D eigenvalue weighted by Crippen LogP contribution is 2.33. The lowest BCUT2D eigenvalue weighted by Gasteiger charge is -2.18. The number of carboxylic acids is 1. The largest absolute Gasteiger partial charge is 0.481 e. The number of rotatable bonds is 9. The van der Waals surface area contributed by atoms with Gasteiger partial charge in [-0.3, -0.25) is 9.59 Å². The summed E-state index contributed by atoms with van der Waals surface area (Å²) in [5, 5.41) is 14.8. The van der Waals surface area contributed by atoms with Crippen LogP contribution in [0.4, 0.5) is 0 Å². The van der Waals surface area contributed by atoms with Crippen LogP contribution in [0.15, 0.2) is 78.9 Å². The molecule has 3 aromatic carbocycles. The van der Waals surface area contributed by atoms with Gasteiger partial charge >= 0.3 is 5.97 Å². The Morgan fingerprint density at radius 2 is 1.68 bits per heavy atom. The molecular weight excluding hydrogens is 500 g/mol. The van der Waals surface area contributed by atoms with Gasteiger partial charge in [0.15, 0.2) is 0 Å². The number of aliphatic carboxylic acids is 1. The van der Waals surface area contributed by atoms with Crippen molar-refractivity contribution in [2.45, 2.75) is 44.6 Å². The topological polar surface area (TPSA) is 88.5 Å². The maximum absolute atomic E-state index is 13.4. The highest BCUT2D eigenvalue weighted by atomic mass is 35.5. The summed E-state index contributed by atoms with van der Waals surface area (Å²) in [5.41, 5.74) is 1.87. The molecule has 1 fully saturated rings. The van der Waals surface area contributed by atoms with Crippen molar-refractivity contribution in [2.24, 2.45) is 5.92 Å². The van der Waals surface area contributed by atoms with Crippen LogP contribution in [0, 0.1) is 5.92 Å². The predicted octanol–water partition coefficient (Wildman–Crippen LogP) is 7.36. The molecule has 1 atom stereocenters. The van der Waals surface area contributed by atoms with E-state index in [9.17, 15) is 14.7 Å². The maximum Gasteiger partial charge on any atom is 0.305 e. The molecule has 1 unspecified atom stereocenters. The first-order chi connectivity index (χ1) is 18.4. The molecule has 0 radical (unpaired) electrons. The molecule has 1 aliphatic rings. The van der Waals surface area contributed by atoms with Crippen molar-refractivity contribution in [3.05, 3.63) is 101 Å². The second-order valence-electron chi connectivity index (χ2n) is 9.78. The quantitative estimate of drug-likeness (QED) is 0.237. The Balaban J connectivity index is 1.47. The van der Waals surface area contributed by atoms with Crippen molar-refractivity contribution in [3.8, 4) is 11.5 Å². The molecule has 1 aromatic heterocycles. The monoisotopic (exact) mass is 528 g/mol. The standard InChI is InChI=1S/C31H29ClN2O4/c32-23-11-14-24(15-12-23)38-25-13-10-22-17-29(33-28(26(22)18-25)16-20-6-4-5-7-20)31(37)34-27(19-30(35)36)21-8-2-1-3-9-21/h1-3,8-15,17-18,20,27H,4-7,16,19H2,(H,34,37)(H,35,36). The van der Waals surface area contributed by atoms with E-state index in [0.29, 0.717) is 22.4 Å². The van der Waals surface area contributed by atoms with Crippen LogP contribution in [0.25, 0.3) is 10.8 Å². The lowest BCUT2D eigenvalue weighted by molar-refractivity contribution is -0.137. The van der Waals surface area contributed by atoms with Gasteiger partial charge in [-0.05, 0) is 65.8 Å². The molecule has 38 heavy (non-hydrogen) atoms. The zero-order valence-electron chi connectivity index (χ0n) is 20.9. The second-order valence-corrected chi connectivity index (χ2v) is 10.2. The van der Waals surface area contributed by atoms with Gasteiger partial charge in [0.1, 0.15) is 17.2 Å². The van der Waals surface area contributed by atoms with Crippen LogP contribution in [-0.4, -0.2) is 22.0 Å². The molecule has 5 rings (SSSR count). The first kappa shape index (κ1) is 25.7. The van der Waals surface area contributed by atoms with E-state index < -0.39 is 17.9 Å². The molecule has 1 aliphatic carbocycles. The zero-order chi connectivity index (χ0) is 26.5. The number of halogens is 1. The van der Waals surface area contributed by atoms with Crippen LogP contribution in [0.5, 0.6) is 11.5 Å². The third kappa shape index (κ3) is 6.32. The number of pyridine rings is 1. The van der Waals surface area contributed by atoms with Crippen molar-refractivity contribution in [1.82, 2.24) is 10.3 Å². The molecule has 6 nitrogen and oxygen atoms in total. The molecule has 7 heteroatoms. The number of carboxylic acid groups (broad SMARTS) is 1. The van der Waals surface area contributed by atoms with Gasteiger partial charge in [-0.2, -0.15) is 0 Å². The molecule has 1 saturated carbocycles. The third-order valence-electron chi connectivity index (χ3n) is 7.01. The van der Waals surface area contributed by atoms with E-state index in [2.05, 4.69) is 5.32 Å². The summed E-state index contributed by atoms with van der Waals surface area (Å²) in [5.74, 6) is 0.503. The average Bonchev–Trinajstić information content (AvgIpc) is 3.43. The number of carbonyl (C=O) groups excluding carboxylic acids is 1. The maximum atomic E-state index is 13.4. The Morgan fingerprint density at radius 3 is 2.39 bits per heavy atom. The summed E-state index contributed by atoms with van der Waals surface area (Å²) in [6.07, 6.45) is 5.27. The first-order valence-corrected chi connectivity index (χ1v) is 13.3. The number of nitrogens with zero attached hydrogens (tertiary/aromatic N) is 1. The molecule has 0 bridgehead atoms. The van der Waals surface area contributed by atoms with E-state index in [1.165, 1.54) is 12.8 Å². The number of ether oxygens (including phenoxy) is 1. The van der Waals surface area contributed by atoms with Gasteiger partial charge in [-0.1, -0.05) is 73.7 Å². The minimum atomic E-state index is -0.985. The summed E-state index contributed by atoms with van der Waals surface area (Å²) < 4.78 is 6.06. The normalized spacial score (nSPS) is 14.3. The van der Waals surface area contributed by atoms with Crippen molar-refractivity contribution >= 4 is 34.2 Å². The van der Waals surface area contributed by atoms with E-state index in [-0.39, 0.29) is 12.1 Å². The smallest absolute Gasteiger partial charge is 0.305 e. The van der Waals surface area contributed by atoms with E-state index in [4.69, 9.17) is 21.3 Å². The van der Waals surface area contributed by atoms with E-state index >= 15 is 0 Å². The highest BCUT2D eigenvalue weighted by molar-refractivity contribution is 6.30. The van der Waals surface area contributed by atoms with Gasteiger partial charge in [0, 0.05) is 16.1 Å². The number of carbonyl (C=O) groups is 2. The summed E-state index contributed by atoms with van der Waals surface area (Å²) >= 11 is 6.00. The lowest BCUT2D eigenvalue weighted by Crippen LogP contribution is -2.31. The van der Waals surface area contributed by atoms with E-state index in [1.54, 1.807) is 18.2 Å². The Bertz CT molecular complexity index is 1430. The SMILES string of the molecule is O=C(O)CC(NC(=O)c1cc2ccc(Oc3ccc(Cl)cc3)cc2c(CC2CCCC2)n1)c1ccccc1. The Kier molecular flexibility index (Phi) is 7.89. The Hall–Kier alpha value is -3.90. The Morgan fingerprint density at radius 1 is 0.974 bits per heavy atom. The molecule has 1 amide bonds. The van der Waals surface area contributed by atoms with Crippen LogP contribution >= 0.6 is 11.6 Å². The number of fused-ring (bicyclic) bond motifs is 1. The third-order valence-corrected chi connectivity index (χ3v) is 7.26. The summed E-state index contributed by atoms with van der Waals surface area (Å²) in [4.78, 5) is 29.7. The van der Waals surface area contributed by atoms with Gasteiger partial charge in [0.2, 0.25) is 0 Å². The second kappa shape index (κ2) is 11.7. The number of nitrogens with one attached hydrogen (secondary N) is 1. The zero-order valence-corrected chi connectivity index (χ0v) is 21.7. The molecule has 1 heterocycles. The van der Waals surface area contributed by atoms with Crippen molar-refractivity contribution in [2.75, 3.05) is 0 Å². The lowest BCUT2D eigenvalue weighted by atomic mass is 9.97. The van der Waals surface area contributed by atoms with Gasteiger partial charge in [-0.25, -0.2) is 4.98 Å². The van der Waals surface area contributed by atoms with Gasteiger partial charge in [0.05, 0.1) is 12.5 Å². The van der Waals surface area contributed by atoms with Gasteiger partial charge in [-0.15, -0.1) is 0 Å². The van der Waals surface area contributed by atoms with Crippen LogP contribution in [0.2, 0.25) is 5.02 Å². The number of hydrogen-bond acceptors (Lipinski definition) is 4. The predicted molar refractivity (Wildman–Crippen MR) is 148 cm³/mol. The highest BCUT2D eigenvalue weighted by Gasteiger charge is 2.23. The minimum absolute atomic E-state index is 0.219. The van der Waals surface area contributed by atoms with E-state index in [0.717, 1.165) is 41.3 Å². The molecule has 0 saturated heterocycles. The van der Waals surface area contributed by atoms with E-state index in [1.807, 2.05) is 60.7 Å². The molecule has 0 aliphatic heterocycles. The van der Waals surface area contributed by atoms with Gasteiger partial charge in [0.25, 0.3) is 5.91 Å². The minimum Gasteiger partial charge on any atom is -0.481 e. The fraction of sp³-hybridized carbons (Fsp3) is 0.258. The van der Waals surface area contributed by atoms with Crippen LogP contribution in [0.3, 0.4) is 0 Å². The van der Waals surface area contributed by atoms with Crippen LogP contribution < -0.4 is 10.1 Å². The number of hydrogen-bond donors (Lipinski definition) is 2. The van der Waals surface area contributed by atoms with Crippen molar-refractivity contribution in [1.29, 1.82) is 0 Å². The van der Waals surface area contributed by atoms with Crippen molar-refractivity contribution < 1.29 is 19.4 Å². The fourth-order valence-electron chi connectivity index (χ4n) is 5.10. The summed E-state index contributed by atoms with van der Waals surface area (Å²) in [6.45, 7) is 0. The number of amides is 1. The van der Waals surface area contributed by atoms with Crippen molar-refractivity contribution in [3.63, 3.8) is 0 Å². The molecule has 4 aromatic rings. The number of aromatic nitrogens is 1. The average molecular weight is 529 g/mol.